The zero-order valence-electron chi connectivity index (χ0n) is 15.8. The van der Waals surface area contributed by atoms with Crippen LogP contribution in [-0.2, 0) is 11.3 Å². The number of nitrogens with zero attached hydrogens (tertiary/aromatic N) is 1. The van der Waals surface area contributed by atoms with Gasteiger partial charge in [-0.1, -0.05) is 54.1 Å². The fourth-order valence-electron chi connectivity index (χ4n) is 3.29. The molecular weight excluding hydrogens is 366 g/mol. The molecule has 0 spiro atoms. The summed E-state index contributed by atoms with van der Waals surface area (Å²) in [5, 5.41) is 9.04. The number of carboxylic acid groups (broad SMARTS) is 1. The number of amides is 1. The van der Waals surface area contributed by atoms with Crippen LogP contribution in [0.4, 0.5) is 5.69 Å². The molecule has 0 aromatic heterocycles. The molecule has 0 radical (unpaired) electrons. The lowest BCUT2D eigenvalue weighted by Crippen LogP contribution is -2.36. The van der Waals surface area contributed by atoms with Gasteiger partial charge in [-0.3, -0.25) is 9.69 Å². The molecule has 1 amide bonds. The van der Waals surface area contributed by atoms with Gasteiger partial charge in [0.05, 0.1) is 17.8 Å². The number of rotatable bonds is 4. The smallest absolute Gasteiger partial charge is 0.335 e. The van der Waals surface area contributed by atoms with Gasteiger partial charge in [0.25, 0.3) is 5.91 Å². The molecule has 1 N–H and O–H groups in total. The summed E-state index contributed by atoms with van der Waals surface area (Å²) in [6.07, 6.45) is 1.63. The number of aryl methyl sites for hydroxylation is 1. The number of benzene rings is 3. The van der Waals surface area contributed by atoms with E-state index in [9.17, 15) is 9.59 Å². The van der Waals surface area contributed by atoms with E-state index in [2.05, 4.69) is 6.07 Å². The number of anilines is 1. The van der Waals surface area contributed by atoms with E-state index in [1.807, 2.05) is 49.4 Å². The molecule has 1 aliphatic rings. The van der Waals surface area contributed by atoms with E-state index in [1.54, 1.807) is 23.1 Å². The van der Waals surface area contributed by atoms with Crippen LogP contribution in [0.5, 0.6) is 5.75 Å². The number of aromatic carboxylic acids is 1. The maximum absolute atomic E-state index is 13.2. The van der Waals surface area contributed by atoms with Gasteiger partial charge in [0.15, 0.2) is 11.5 Å². The summed E-state index contributed by atoms with van der Waals surface area (Å²) in [5.41, 5.74) is 3.76. The highest BCUT2D eigenvalue weighted by atomic mass is 16.5. The molecule has 0 unspecified atom stereocenters. The predicted octanol–water partition coefficient (Wildman–Crippen LogP) is 4.66. The molecule has 5 nitrogen and oxygen atoms in total. The van der Waals surface area contributed by atoms with Crippen molar-refractivity contribution < 1.29 is 19.4 Å². The van der Waals surface area contributed by atoms with Crippen molar-refractivity contribution in [3.63, 3.8) is 0 Å². The fraction of sp³-hybridized carbons (Fsp3) is 0.0833. The highest BCUT2D eigenvalue weighted by Crippen LogP contribution is 2.36. The van der Waals surface area contributed by atoms with E-state index in [1.165, 1.54) is 12.1 Å². The largest absolute Gasteiger partial charge is 0.478 e. The summed E-state index contributed by atoms with van der Waals surface area (Å²) >= 11 is 0. The standard InChI is InChI=1S/C24H19NO4/c1-16-5-4-6-18(13-16)15-25-20-7-2-3-8-21(20)29-22(23(25)26)14-17-9-11-19(12-10-17)24(27)28/h2-14H,15H2,1H3,(H,27,28). The summed E-state index contributed by atoms with van der Waals surface area (Å²) in [5.74, 6) is -0.437. The molecule has 0 atom stereocenters. The van der Waals surface area contributed by atoms with Crippen LogP contribution in [0.3, 0.4) is 0 Å². The number of fused-ring (bicyclic) bond motifs is 1. The van der Waals surface area contributed by atoms with Crippen molar-refractivity contribution in [2.45, 2.75) is 13.5 Å². The van der Waals surface area contributed by atoms with Crippen molar-refractivity contribution in [2.75, 3.05) is 4.90 Å². The number of carbonyl (C=O) groups is 2. The topological polar surface area (TPSA) is 66.8 Å². The van der Waals surface area contributed by atoms with Crippen LogP contribution in [0.15, 0.2) is 78.6 Å². The number of para-hydroxylation sites is 2. The van der Waals surface area contributed by atoms with Gasteiger partial charge in [0, 0.05) is 0 Å². The molecule has 1 heterocycles. The molecule has 1 aliphatic heterocycles. The zero-order valence-corrected chi connectivity index (χ0v) is 15.8. The van der Waals surface area contributed by atoms with Gasteiger partial charge in [-0.2, -0.15) is 0 Å². The minimum atomic E-state index is -0.993. The van der Waals surface area contributed by atoms with Crippen LogP contribution >= 0.6 is 0 Å². The Balaban J connectivity index is 1.70. The summed E-state index contributed by atoms with van der Waals surface area (Å²) < 4.78 is 5.87. The Morgan fingerprint density at radius 1 is 1.03 bits per heavy atom. The van der Waals surface area contributed by atoms with Gasteiger partial charge >= 0.3 is 5.97 Å². The molecule has 29 heavy (non-hydrogen) atoms. The molecule has 5 heteroatoms. The van der Waals surface area contributed by atoms with Crippen LogP contribution in [0.2, 0.25) is 0 Å². The van der Waals surface area contributed by atoms with Crippen molar-refractivity contribution in [1.82, 2.24) is 0 Å². The first-order valence-electron chi connectivity index (χ1n) is 9.20. The fourth-order valence-corrected chi connectivity index (χ4v) is 3.29. The lowest BCUT2D eigenvalue weighted by atomic mass is 10.1. The second-order valence-corrected chi connectivity index (χ2v) is 6.89. The minimum absolute atomic E-state index is 0.189. The molecule has 144 valence electrons. The molecule has 0 saturated heterocycles. The Morgan fingerprint density at radius 3 is 2.52 bits per heavy atom. The van der Waals surface area contributed by atoms with Gasteiger partial charge in [-0.05, 0) is 48.4 Å². The first kappa shape index (κ1) is 18.5. The monoisotopic (exact) mass is 385 g/mol. The summed E-state index contributed by atoms with van der Waals surface area (Å²) in [4.78, 5) is 25.9. The number of hydrogen-bond donors (Lipinski definition) is 1. The Morgan fingerprint density at radius 2 is 1.79 bits per heavy atom. The molecule has 3 aromatic rings. The SMILES string of the molecule is Cc1cccc(CN2C(=O)C(=Cc3ccc(C(=O)O)cc3)Oc3ccccc32)c1. The van der Waals surface area contributed by atoms with Crippen molar-refractivity contribution >= 4 is 23.6 Å². The lowest BCUT2D eigenvalue weighted by Gasteiger charge is -2.30. The number of carboxylic acids is 1. The van der Waals surface area contributed by atoms with E-state index in [-0.39, 0.29) is 17.2 Å². The summed E-state index contributed by atoms with van der Waals surface area (Å²) in [7, 11) is 0. The zero-order chi connectivity index (χ0) is 20.4. The molecule has 0 fully saturated rings. The predicted molar refractivity (Wildman–Crippen MR) is 111 cm³/mol. The van der Waals surface area contributed by atoms with Crippen LogP contribution < -0.4 is 9.64 Å². The Kier molecular flexibility index (Phi) is 4.87. The van der Waals surface area contributed by atoms with E-state index < -0.39 is 5.97 Å². The average Bonchev–Trinajstić information content (AvgIpc) is 2.71. The van der Waals surface area contributed by atoms with Crippen LogP contribution in [-0.4, -0.2) is 17.0 Å². The third kappa shape index (κ3) is 3.89. The van der Waals surface area contributed by atoms with Crippen molar-refractivity contribution in [3.05, 3.63) is 101 Å². The minimum Gasteiger partial charge on any atom is -0.478 e. The maximum atomic E-state index is 13.2. The van der Waals surface area contributed by atoms with E-state index in [0.717, 1.165) is 16.8 Å². The lowest BCUT2D eigenvalue weighted by molar-refractivity contribution is -0.117. The summed E-state index contributed by atoms with van der Waals surface area (Å²) in [6.45, 7) is 2.45. The highest BCUT2D eigenvalue weighted by Gasteiger charge is 2.30. The highest BCUT2D eigenvalue weighted by molar-refractivity contribution is 6.09. The van der Waals surface area contributed by atoms with E-state index in [4.69, 9.17) is 9.84 Å². The van der Waals surface area contributed by atoms with Crippen LogP contribution in [0, 0.1) is 6.92 Å². The Bertz CT molecular complexity index is 1120. The van der Waals surface area contributed by atoms with Crippen LogP contribution in [0.1, 0.15) is 27.0 Å². The van der Waals surface area contributed by atoms with Crippen LogP contribution in [0.25, 0.3) is 6.08 Å². The first-order valence-corrected chi connectivity index (χ1v) is 9.20. The molecule has 0 saturated carbocycles. The Hall–Kier alpha value is -3.86. The van der Waals surface area contributed by atoms with Crippen molar-refractivity contribution in [1.29, 1.82) is 0 Å². The first-order chi connectivity index (χ1) is 14.0. The van der Waals surface area contributed by atoms with Gasteiger partial charge in [-0.25, -0.2) is 4.79 Å². The molecule has 0 aliphatic carbocycles. The van der Waals surface area contributed by atoms with Crippen molar-refractivity contribution in [3.8, 4) is 5.75 Å². The van der Waals surface area contributed by atoms with Crippen molar-refractivity contribution in [2.24, 2.45) is 0 Å². The number of hydrogen-bond acceptors (Lipinski definition) is 3. The quantitative estimate of drug-likeness (QED) is 0.664. The maximum Gasteiger partial charge on any atom is 0.335 e. The van der Waals surface area contributed by atoms with E-state index in [0.29, 0.717) is 17.9 Å². The summed E-state index contributed by atoms with van der Waals surface area (Å²) in [6, 6.07) is 21.8. The second-order valence-electron chi connectivity index (χ2n) is 6.89. The van der Waals surface area contributed by atoms with Gasteiger partial charge in [0.1, 0.15) is 0 Å². The van der Waals surface area contributed by atoms with Gasteiger partial charge in [-0.15, -0.1) is 0 Å². The third-order valence-electron chi connectivity index (χ3n) is 4.71. The number of carbonyl (C=O) groups excluding carboxylic acids is 1. The normalized spacial score (nSPS) is 14.4. The molecular formula is C24H19NO4. The molecule has 4 rings (SSSR count). The molecule has 0 bridgehead atoms. The number of ether oxygens (including phenoxy) is 1. The molecule has 3 aromatic carbocycles. The van der Waals surface area contributed by atoms with Gasteiger partial charge < -0.3 is 9.84 Å². The van der Waals surface area contributed by atoms with Gasteiger partial charge in [0.2, 0.25) is 0 Å². The average molecular weight is 385 g/mol. The Labute approximate surface area is 168 Å². The third-order valence-corrected chi connectivity index (χ3v) is 4.71. The van der Waals surface area contributed by atoms with E-state index >= 15 is 0 Å². The second kappa shape index (κ2) is 7.64.